The fraction of sp³-hybridized carbons (Fsp3) is 0.290. The van der Waals surface area contributed by atoms with Crippen LogP contribution in [0.15, 0.2) is 91.0 Å². The third-order valence-corrected chi connectivity index (χ3v) is 6.41. The Morgan fingerprint density at radius 2 is 1.00 bits per heavy atom. The predicted octanol–water partition coefficient (Wildman–Crippen LogP) is -3.72. The Balaban J connectivity index is 0.000000639. The van der Waals surface area contributed by atoms with Crippen LogP contribution in [-0.4, -0.2) is 54.8 Å². The summed E-state index contributed by atoms with van der Waals surface area (Å²) in [6.45, 7) is 5.82. The van der Waals surface area contributed by atoms with Gasteiger partial charge in [0.2, 0.25) is 0 Å². The molecule has 0 unspecified atom stereocenters. The van der Waals surface area contributed by atoms with Crippen molar-refractivity contribution in [2.24, 2.45) is 0 Å². The Bertz CT molecular complexity index is 1410. The minimum Gasteiger partial charge on any atom is -0.489 e. The van der Waals surface area contributed by atoms with Crippen LogP contribution in [0.1, 0.15) is 11.1 Å². The molecule has 4 aromatic rings. The predicted molar refractivity (Wildman–Crippen MR) is 153 cm³/mol. The quantitative estimate of drug-likeness (QED) is 0.123. The zero-order valence-electron chi connectivity index (χ0n) is 25.9. The molecule has 5 rings (SSSR count). The van der Waals surface area contributed by atoms with Crippen LogP contribution in [0.4, 0.5) is 0 Å². The molecule has 0 spiro atoms. The van der Waals surface area contributed by atoms with Gasteiger partial charge in [-0.25, -0.2) is 0 Å². The van der Waals surface area contributed by atoms with Crippen LogP contribution in [-0.2, 0) is 32.6 Å². The van der Waals surface area contributed by atoms with Crippen LogP contribution in [0.5, 0.6) is 17.2 Å². The molecule has 17 heteroatoms. The van der Waals surface area contributed by atoms with Crippen molar-refractivity contribution >= 4 is 10.8 Å². The molecule has 0 amide bonds. The van der Waals surface area contributed by atoms with Crippen molar-refractivity contribution in [2.75, 3.05) is 39.4 Å². The molecule has 1 aliphatic rings. The molecule has 0 saturated heterocycles. The summed E-state index contributed by atoms with van der Waals surface area (Å²) in [5.74, 6) is 2.53. The Hall–Kier alpha value is -2.70. The van der Waals surface area contributed by atoms with E-state index in [2.05, 4.69) is 52.3 Å². The molecule has 4 aromatic carbocycles. The molecule has 0 atom stereocenters. The van der Waals surface area contributed by atoms with Crippen LogP contribution >= 0.6 is 0 Å². The van der Waals surface area contributed by atoms with E-state index in [4.69, 9.17) is 51.5 Å². The van der Waals surface area contributed by atoms with E-state index in [1.54, 1.807) is 0 Å². The van der Waals surface area contributed by atoms with E-state index in [1.807, 2.05) is 54.6 Å². The van der Waals surface area contributed by atoms with Crippen molar-refractivity contribution in [3.05, 3.63) is 102 Å². The molecule has 258 valence electrons. The number of benzene rings is 4. The van der Waals surface area contributed by atoms with Gasteiger partial charge in [-0.15, -0.1) is 0 Å². The molecular formula is C31H37Cl2N3O11Zn. The number of halogens is 2. The Morgan fingerprint density at radius 1 is 0.583 bits per heavy atom. The van der Waals surface area contributed by atoms with Gasteiger partial charge in [0.05, 0.1) is 29.8 Å². The van der Waals surface area contributed by atoms with E-state index in [0.717, 1.165) is 73.0 Å². The van der Waals surface area contributed by atoms with Crippen LogP contribution in [0.3, 0.4) is 0 Å². The third kappa shape index (κ3) is 18.2. The van der Waals surface area contributed by atoms with E-state index in [0.29, 0.717) is 13.2 Å². The summed E-state index contributed by atoms with van der Waals surface area (Å²) in [6, 6.07) is 30.8. The Labute approximate surface area is 295 Å². The fourth-order valence-electron chi connectivity index (χ4n) is 4.42. The molecule has 1 aliphatic heterocycles. The number of para-hydroxylation sites is 2. The van der Waals surface area contributed by atoms with Crippen molar-refractivity contribution in [3.63, 3.8) is 0 Å². The SMILES string of the molecule is [O-][Cl+3]([O-])([O-])O.[O-][Cl+3]([O-])([O-])O.[Zn].c1ccc2c(c1)CNCCNCCNCc1ccccc1OCC(Oc1ccc3ccccc3c1)CO2. The van der Waals surface area contributed by atoms with Crippen LogP contribution in [0.2, 0.25) is 0 Å². The van der Waals surface area contributed by atoms with Gasteiger partial charge in [-0.05, 0) is 35.0 Å². The summed E-state index contributed by atoms with van der Waals surface area (Å²) < 4.78 is 84.5. The molecule has 0 saturated carbocycles. The van der Waals surface area contributed by atoms with Crippen molar-refractivity contribution in [3.8, 4) is 17.2 Å². The van der Waals surface area contributed by atoms with Crippen LogP contribution in [0.25, 0.3) is 10.8 Å². The van der Waals surface area contributed by atoms with Gasteiger partial charge in [-0.2, -0.15) is 28.0 Å². The molecule has 0 fully saturated rings. The van der Waals surface area contributed by atoms with Crippen molar-refractivity contribution in [2.45, 2.75) is 19.2 Å². The molecular weight excluding hydrogens is 727 g/mol. The first-order valence-corrected chi connectivity index (χ1v) is 16.8. The number of hydrogen-bond donors (Lipinski definition) is 5. The average Bonchev–Trinajstić information content (AvgIpc) is 3.00. The van der Waals surface area contributed by atoms with E-state index >= 15 is 0 Å². The Kier molecular flexibility index (Phi) is 18.5. The minimum atomic E-state index is -4.69. The third-order valence-electron chi connectivity index (χ3n) is 6.41. The number of hydrogen-bond acceptors (Lipinski definition) is 14. The smallest absolute Gasteiger partial charge is 0.166 e. The van der Waals surface area contributed by atoms with Gasteiger partial charge in [0.15, 0.2) is 6.10 Å². The standard InChI is InChI=1S/C31H35N3O3.2ClHO4.Zn/c1-2-8-25-19-28(14-13-24(25)7-1)37-29-22-35-30-11-5-3-9-26(30)20-33-17-15-32-16-18-34-21-27-10-4-6-12-31(27)36-23-29;2*2-1(3,4)5;/h1-14,19,29,32-34H,15-18,20-23H2;2*(H,2,3,4,5);. The first-order chi connectivity index (χ1) is 22.3. The molecule has 0 radical (unpaired) electrons. The van der Waals surface area contributed by atoms with Gasteiger partial charge >= 0.3 is 0 Å². The molecule has 14 nitrogen and oxygen atoms in total. The summed E-state index contributed by atoms with van der Waals surface area (Å²) >= 11 is 0. The van der Waals surface area contributed by atoms with E-state index in [1.165, 1.54) is 5.39 Å². The van der Waals surface area contributed by atoms with Gasteiger partial charge in [0.25, 0.3) is 0 Å². The van der Waals surface area contributed by atoms with Crippen LogP contribution < -0.4 is 58.1 Å². The average molecular weight is 764 g/mol. The Morgan fingerprint density at radius 3 is 1.50 bits per heavy atom. The van der Waals surface area contributed by atoms with Crippen molar-refractivity contribution < 1.29 is 91.4 Å². The summed E-state index contributed by atoms with van der Waals surface area (Å²) in [7, 11) is -9.39. The molecule has 0 bridgehead atoms. The van der Waals surface area contributed by atoms with Gasteiger partial charge in [-0.1, -0.05) is 66.7 Å². The minimum absolute atomic E-state index is 0. The monoisotopic (exact) mass is 761 g/mol. The van der Waals surface area contributed by atoms with E-state index in [9.17, 15) is 0 Å². The largest absolute Gasteiger partial charge is 0.489 e. The summed E-state index contributed by atoms with van der Waals surface area (Å²) in [5.41, 5.74) is 2.25. The number of ether oxygens (including phenoxy) is 3. The second-order valence-electron chi connectivity index (χ2n) is 9.98. The zero-order chi connectivity index (χ0) is 34.1. The fourth-order valence-corrected chi connectivity index (χ4v) is 4.42. The van der Waals surface area contributed by atoms with Gasteiger partial charge in [0, 0.05) is 69.9 Å². The first kappa shape index (κ1) is 41.5. The van der Waals surface area contributed by atoms with Gasteiger partial charge in [-0.3, -0.25) is 0 Å². The first-order valence-electron chi connectivity index (χ1n) is 14.3. The van der Waals surface area contributed by atoms with E-state index in [-0.39, 0.29) is 25.6 Å². The molecule has 5 N–H and O–H groups in total. The summed E-state index contributed by atoms with van der Waals surface area (Å²) in [4.78, 5) is 0. The second kappa shape index (κ2) is 21.4. The number of rotatable bonds is 2. The number of fused-ring (bicyclic) bond motifs is 3. The van der Waals surface area contributed by atoms with Crippen LogP contribution in [0, 0.1) is 20.5 Å². The molecule has 0 aromatic heterocycles. The topological polar surface area (TPSA) is 243 Å². The molecule has 0 aliphatic carbocycles. The van der Waals surface area contributed by atoms with Crippen molar-refractivity contribution in [1.29, 1.82) is 0 Å². The van der Waals surface area contributed by atoms with Crippen molar-refractivity contribution in [1.82, 2.24) is 16.0 Å². The maximum atomic E-state index is 8.60. The second-order valence-corrected chi connectivity index (χ2v) is 11.6. The molecule has 1 heterocycles. The van der Waals surface area contributed by atoms with E-state index < -0.39 is 20.5 Å². The maximum absolute atomic E-state index is 8.60. The van der Waals surface area contributed by atoms with Gasteiger partial charge in [0.1, 0.15) is 30.5 Å². The summed E-state index contributed by atoms with van der Waals surface area (Å²) in [6.07, 6.45) is -0.300. The molecule has 48 heavy (non-hydrogen) atoms. The maximum Gasteiger partial charge on any atom is 0.166 e. The number of nitrogens with one attached hydrogen (secondary N) is 3. The van der Waals surface area contributed by atoms with Gasteiger partial charge < -0.3 is 30.2 Å². The zero-order valence-corrected chi connectivity index (χ0v) is 30.4. The summed E-state index contributed by atoms with van der Waals surface area (Å²) in [5, 5.41) is 12.8. The normalized spacial score (nSPS) is 15.1.